The molecule has 4 aromatic rings. The van der Waals surface area contributed by atoms with E-state index in [1.165, 1.54) is 17.7 Å². The van der Waals surface area contributed by atoms with Gasteiger partial charge in [-0.2, -0.15) is 5.10 Å². The zero-order chi connectivity index (χ0) is 20.4. The van der Waals surface area contributed by atoms with Gasteiger partial charge in [-0.25, -0.2) is 9.07 Å². The molecule has 0 radical (unpaired) electrons. The van der Waals surface area contributed by atoms with Gasteiger partial charge in [0.1, 0.15) is 5.82 Å². The van der Waals surface area contributed by atoms with Crippen LogP contribution in [0.2, 0.25) is 0 Å². The van der Waals surface area contributed by atoms with E-state index in [9.17, 15) is 4.39 Å². The summed E-state index contributed by atoms with van der Waals surface area (Å²) in [6.45, 7) is 5.31. The molecule has 7 heteroatoms. The molecule has 4 rings (SSSR count). The summed E-state index contributed by atoms with van der Waals surface area (Å²) in [4.78, 5) is 2.11. The third-order valence-corrected chi connectivity index (χ3v) is 4.83. The molecular formula is C22H22FN5O. The first kappa shape index (κ1) is 19.0. The van der Waals surface area contributed by atoms with Gasteiger partial charge in [0.2, 0.25) is 11.8 Å². The first-order chi connectivity index (χ1) is 14.0. The number of aryl methyl sites for hydroxylation is 1. The van der Waals surface area contributed by atoms with E-state index in [-0.39, 0.29) is 5.82 Å². The van der Waals surface area contributed by atoms with Gasteiger partial charge in [-0.15, -0.1) is 10.2 Å². The maximum absolute atomic E-state index is 13.1. The molecule has 0 bridgehead atoms. The van der Waals surface area contributed by atoms with Crippen LogP contribution in [0.5, 0.6) is 0 Å². The summed E-state index contributed by atoms with van der Waals surface area (Å²) >= 11 is 0. The molecular weight excluding hydrogens is 369 g/mol. The molecule has 0 aliphatic rings. The predicted molar refractivity (Wildman–Crippen MR) is 108 cm³/mol. The van der Waals surface area contributed by atoms with Crippen molar-refractivity contribution in [2.24, 2.45) is 0 Å². The quantitative estimate of drug-likeness (QED) is 0.490. The van der Waals surface area contributed by atoms with E-state index in [0.717, 1.165) is 17.1 Å². The molecule has 6 nitrogen and oxygen atoms in total. The van der Waals surface area contributed by atoms with Crippen LogP contribution in [-0.2, 0) is 13.1 Å². The summed E-state index contributed by atoms with van der Waals surface area (Å²) < 4.78 is 20.8. The molecule has 0 saturated heterocycles. The molecule has 2 heterocycles. The topological polar surface area (TPSA) is 60.0 Å². The smallest absolute Gasteiger partial charge is 0.247 e. The fourth-order valence-electron chi connectivity index (χ4n) is 3.31. The highest BCUT2D eigenvalue weighted by molar-refractivity contribution is 5.51. The van der Waals surface area contributed by atoms with Gasteiger partial charge >= 0.3 is 0 Å². The van der Waals surface area contributed by atoms with Crippen molar-refractivity contribution < 1.29 is 8.81 Å². The highest BCUT2D eigenvalue weighted by atomic mass is 19.1. The van der Waals surface area contributed by atoms with E-state index in [2.05, 4.69) is 22.0 Å². The Balaban J connectivity index is 1.47. The average Bonchev–Trinajstić information content (AvgIpc) is 3.29. The summed E-state index contributed by atoms with van der Waals surface area (Å²) in [5.41, 5.74) is 5.02. The van der Waals surface area contributed by atoms with Gasteiger partial charge in [0.25, 0.3) is 0 Å². The fraction of sp³-hybridized carbons (Fsp3) is 0.227. The summed E-state index contributed by atoms with van der Waals surface area (Å²) in [6.07, 6.45) is 0. The number of para-hydroxylation sites is 1. The molecule has 0 aliphatic heterocycles. The standard InChI is InChI=1S/C22H22FN5O/c1-15-20(16(2)28(26-15)19-7-5-4-6-8-19)13-27(3)14-21-24-25-22(29-21)17-9-11-18(23)12-10-17/h4-12H,13-14H2,1-3H3. The predicted octanol–water partition coefficient (Wildman–Crippen LogP) is 4.31. The Hall–Kier alpha value is -3.32. The lowest BCUT2D eigenvalue weighted by atomic mass is 10.2. The van der Waals surface area contributed by atoms with Crippen LogP contribution in [0.4, 0.5) is 4.39 Å². The normalized spacial score (nSPS) is 11.3. The molecule has 0 aliphatic carbocycles. The van der Waals surface area contributed by atoms with Crippen LogP contribution in [0.25, 0.3) is 17.1 Å². The van der Waals surface area contributed by atoms with E-state index < -0.39 is 0 Å². The SMILES string of the molecule is Cc1nn(-c2ccccc2)c(C)c1CN(C)Cc1nnc(-c2ccc(F)cc2)o1. The highest BCUT2D eigenvalue weighted by Crippen LogP contribution is 2.21. The van der Waals surface area contributed by atoms with Crippen molar-refractivity contribution in [3.8, 4) is 17.1 Å². The Morgan fingerprint density at radius 1 is 0.966 bits per heavy atom. The molecule has 29 heavy (non-hydrogen) atoms. The minimum atomic E-state index is -0.296. The largest absolute Gasteiger partial charge is 0.419 e. The second-order valence-corrected chi connectivity index (χ2v) is 7.08. The average molecular weight is 391 g/mol. The van der Waals surface area contributed by atoms with Gasteiger partial charge in [0.15, 0.2) is 0 Å². The van der Waals surface area contributed by atoms with Crippen LogP contribution in [0.3, 0.4) is 0 Å². The van der Waals surface area contributed by atoms with E-state index in [4.69, 9.17) is 9.52 Å². The summed E-state index contributed by atoms with van der Waals surface area (Å²) in [5, 5.41) is 12.9. The van der Waals surface area contributed by atoms with Gasteiger partial charge in [0, 0.05) is 23.4 Å². The third-order valence-electron chi connectivity index (χ3n) is 4.83. The summed E-state index contributed by atoms with van der Waals surface area (Å²) in [6, 6.07) is 16.1. The number of benzene rings is 2. The van der Waals surface area contributed by atoms with Gasteiger partial charge in [0.05, 0.1) is 17.9 Å². The molecule has 0 spiro atoms. The number of hydrogen-bond donors (Lipinski definition) is 0. The molecule has 0 atom stereocenters. The third kappa shape index (κ3) is 4.09. The molecule has 0 fully saturated rings. The summed E-state index contributed by atoms with van der Waals surface area (Å²) in [5.74, 6) is 0.602. The highest BCUT2D eigenvalue weighted by Gasteiger charge is 2.16. The Labute approximate surface area is 168 Å². The Morgan fingerprint density at radius 2 is 1.69 bits per heavy atom. The van der Waals surface area contributed by atoms with Crippen molar-refractivity contribution in [2.75, 3.05) is 7.05 Å². The van der Waals surface area contributed by atoms with Crippen LogP contribution in [-0.4, -0.2) is 31.9 Å². The number of aromatic nitrogens is 4. The lowest BCUT2D eigenvalue weighted by molar-refractivity contribution is 0.282. The van der Waals surface area contributed by atoms with Gasteiger partial charge in [-0.05, 0) is 57.3 Å². The van der Waals surface area contributed by atoms with Crippen molar-refractivity contribution in [3.63, 3.8) is 0 Å². The van der Waals surface area contributed by atoms with Gasteiger partial charge in [-0.3, -0.25) is 4.90 Å². The van der Waals surface area contributed by atoms with Crippen LogP contribution in [0.15, 0.2) is 59.0 Å². The van der Waals surface area contributed by atoms with Crippen LogP contribution < -0.4 is 0 Å². The monoisotopic (exact) mass is 391 g/mol. The first-order valence-electron chi connectivity index (χ1n) is 9.38. The maximum Gasteiger partial charge on any atom is 0.247 e. The maximum atomic E-state index is 13.1. The molecule has 0 amide bonds. The van der Waals surface area contributed by atoms with E-state index in [1.807, 2.05) is 49.0 Å². The number of nitrogens with zero attached hydrogens (tertiary/aromatic N) is 5. The van der Waals surface area contributed by atoms with Crippen molar-refractivity contribution in [3.05, 3.63) is 83.3 Å². The van der Waals surface area contributed by atoms with E-state index in [0.29, 0.717) is 30.4 Å². The molecule has 0 unspecified atom stereocenters. The minimum absolute atomic E-state index is 0.296. The van der Waals surface area contributed by atoms with Crippen molar-refractivity contribution >= 4 is 0 Å². The number of hydrogen-bond acceptors (Lipinski definition) is 5. The van der Waals surface area contributed by atoms with E-state index in [1.54, 1.807) is 12.1 Å². The van der Waals surface area contributed by atoms with Crippen molar-refractivity contribution in [1.82, 2.24) is 24.9 Å². The summed E-state index contributed by atoms with van der Waals surface area (Å²) in [7, 11) is 2.00. The number of halogens is 1. The lowest BCUT2D eigenvalue weighted by Crippen LogP contribution is -2.18. The zero-order valence-electron chi connectivity index (χ0n) is 16.6. The molecule has 0 N–H and O–H groups in total. The van der Waals surface area contributed by atoms with Crippen molar-refractivity contribution in [1.29, 1.82) is 0 Å². The molecule has 2 aromatic carbocycles. The molecule has 148 valence electrons. The van der Waals surface area contributed by atoms with Crippen LogP contribution >= 0.6 is 0 Å². The van der Waals surface area contributed by atoms with Crippen LogP contribution in [0, 0.1) is 19.7 Å². The van der Waals surface area contributed by atoms with Crippen molar-refractivity contribution in [2.45, 2.75) is 26.9 Å². The molecule has 2 aromatic heterocycles. The zero-order valence-corrected chi connectivity index (χ0v) is 16.6. The lowest BCUT2D eigenvalue weighted by Gasteiger charge is -2.14. The van der Waals surface area contributed by atoms with Crippen LogP contribution in [0.1, 0.15) is 22.8 Å². The first-order valence-corrected chi connectivity index (χ1v) is 9.38. The van der Waals surface area contributed by atoms with Gasteiger partial charge < -0.3 is 4.42 Å². The van der Waals surface area contributed by atoms with Gasteiger partial charge in [-0.1, -0.05) is 18.2 Å². The Morgan fingerprint density at radius 3 is 2.41 bits per heavy atom. The van der Waals surface area contributed by atoms with E-state index >= 15 is 0 Å². The number of rotatable bonds is 6. The second-order valence-electron chi connectivity index (χ2n) is 7.08. The Kier molecular flexibility index (Phi) is 5.22. The Bertz CT molecular complexity index is 1100. The minimum Gasteiger partial charge on any atom is -0.419 e. The molecule has 0 saturated carbocycles. The fourth-order valence-corrected chi connectivity index (χ4v) is 3.31. The second kappa shape index (κ2) is 7.97.